The zero-order chi connectivity index (χ0) is 18.1. The molecule has 1 N–H and O–H groups in total. The molecular weight excluding hydrogens is 338 g/mol. The van der Waals surface area contributed by atoms with E-state index in [1.807, 2.05) is 19.9 Å². The van der Waals surface area contributed by atoms with Crippen LogP contribution in [0.15, 0.2) is 27.9 Å². The van der Waals surface area contributed by atoms with Crippen LogP contribution >= 0.6 is 11.8 Å². The van der Waals surface area contributed by atoms with Crippen LogP contribution in [0.25, 0.3) is 12.5 Å². The van der Waals surface area contributed by atoms with Gasteiger partial charge in [-0.3, -0.25) is 4.79 Å². The number of carbonyl (C=O) groups excluding carboxylic acids is 1. The average molecular weight is 359 g/mol. The zero-order valence-corrected chi connectivity index (χ0v) is 15.6. The number of nitrogens with zero attached hydrogens (tertiary/aromatic N) is 2. The predicted molar refractivity (Wildman–Crippen MR) is 99.6 cm³/mol. The molecule has 6 nitrogen and oxygen atoms in total. The van der Waals surface area contributed by atoms with Crippen molar-refractivity contribution in [3.8, 4) is 0 Å². The van der Waals surface area contributed by atoms with E-state index in [9.17, 15) is 4.79 Å². The van der Waals surface area contributed by atoms with Gasteiger partial charge in [-0.15, -0.1) is 5.10 Å². The number of rotatable bonds is 4. The van der Waals surface area contributed by atoms with Gasteiger partial charge in [-0.2, -0.15) is 0 Å². The van der Waals surface area contributed by atoms with Crippen LogP contribution in [0.4, 0.5) is 0 Å². The summed E-state index contributed by atoms with van der Waals surface area (Å²) in [7, 11) is 0. The lowest BCUT2D eigenvalue weighted by Crippen LogP contribution is -2.25. The van der Waals surface area contributed by atoms with Gasteiger partial charge in [0.05, 0.1) is 17.2 Å². The zero-order valence-electron chi connectivity index (χ0n) is 14.8. The molecule has 1 aliphatic heterocycles. The van der Waals surface area contributed by atoms with Crippen molar-refractivity contribution in [1.82, 2.24) is 9.99 Å². The molecule has 2 aromatic rings. The van der Waals surface area contributed by atoms with Crippen molar-refractivity contribution >= 4 is 35.2 Å². The SMILES string of the molecule is C=c1occc1=C1NN=C(SCC(=O)c2cc(C)n(C(C)C)c2C)O1. The Balaban J connectivity index is 1.68. The Morgan fingerprint density at radius 2 is 2.20 bits per heavy atom. The third-order valence-corrected chi connectivity index (χ3v) is 4.88. The van der Waals surface area contributed by atoms with E-state index in [0.29, 0.717) is 27.8 Å². The Morgan fingerprint density at radius 3 is 2.80 bits per heavy atom. The Bertz CT molecular complexity index is 953. The Kier molecular flexibility index (Phi) is 4.76. The summed E-state index contributed by atoms with van der Waals surface area (Å²) in [5.41, 5.74) is 6.15. The number of Topliss-reactive ketones (excluding diaryl/α,β-unsaturated/α-hetero) is 1. The number of hydrazone groups is 1. The molecule has 0 spiro atoms. The molecule has 0 fully saturated rings. The van der Waals surface area contributed by atoms with Crippen molar-refractivity contribution < 1.29 is 13.9 Å². The van der Waals surface area contributed by atoms with Gasteiger partial charge in [-0.05, 0) is 39.8 Å². The molecule has 0 aromatic carbocycles. The first-order valence-electron chi connectivity index (χ1n) is 8.01. The van der Waals surface area contributed by atoms with E-state index in [2.05, 4.69) is 35.5 Å². The van der Waals surface area contributed by atoms with E-state index in [4.69, 9.17) is 9.15 Å². The summed E-state index contributed by atoms with van der Waals surface area (Å²) in [6.45, 7) is 12.0. The summed E-state index contributed by atoms with van der Waals surface area (Å²) in [5, 5.41) is 5.22. The van der Waals surface area contributed by atoms with E-state index in [1.165, 1.54) is 18.0 Å². The molecule has 25 heavy (non-hydrogen) atoms. The fraction of sp³-hybridized carbons (Fsp3) is 0.333. The molecule has 7 heteroatoms. The van der Waals surface area contributed by atoms with Crippen molar-refractivity contribution in [2.24, 2.45) is 5.10 Å². The minimum atomic E-state index is 0.0610. The minimum Gasteiger partial charge on any atom is -0.465 e. The third kappa shape index (κ3) is 3.37. The van der Waals surface area contributed by atoms with Gasteiger partial charge in [0.2, 0.25) is 5.88 Å². The maximum Gasteiger partial charge on any atom is 0.274 e. The van der Waals surface area contributed by atoms with Crippen LogP contribution in [-0.2, 0) is 4.74 Å². The number of hydrogen-bond donors (Lipinski definition) is 1. The topological polar surface area (TPSA) is 68.8 Å². The van der Waals surface area contributed by atoms with Gasteiger partial charge in [0.25, 0.3) is 5.23 Å². The summed E-state index contributed by atoms with van der Waals surface area (Å²) in [5.74, 6) is 0.788. The molecule has 0 saturated heterocycles. The van der Waals surface area contributed by atoms with Gasteiger partial charge in [-0.1, -0.05) is 18.3 Å². The van der Waals surface area contributed by atoms with E-state index >= 15 is 0 Å². The van der Waals surface area contributed by atoms with Gasteiger partial charge >= 0.3 is 0 Å². The third-order valence-electron chi connectivity index (χ3n) is 4.06. The number of nitrogens with one attached hydrogen (secondary N) is 1. The molecule has 2 aromatic heterocycles. The summed E-state index contributed by atoms with van der Waals surface area (Å²) >= 11 is 1.26. The summed E-state index contributed by atoms with van der Waals surface area (Å²) in [4.78, 5) is 12.6. The van der Waals surface area contributed by atoms with Crippen LogP contribution in [-0.4, -0.2) is 21.3 Å². The van der Waals surface area contributed by atoms with Crippen molar-refractivity contribution in [2.45, 2.75) is 33.7 Å². The molecule has 0 unspecified atom stereocenters. The number of aromatic nitrogens is 1. The summed E-state index contributed by atoms with van der Waals surface area (Å²) in [6, 6.07) is 4.02. The van der Waals surface area contributed by atoms with Crippen LogP contribution in [0.1, 0.15) is 41.6 Å². The van der Waals surface area contributed by atoms with Gasteiger partial charge in [-0.25, -0.2) is 5.43 Å². The smallest absolute Gasteiger partial charge is 0.274 e. The lowest BCUT2D eigenvalue weighted by Gasteiger charge is -2.13. The molecule has 0 amide bonds. The first-order chi connectivity index (χ1) is 11.9. The van der Waals surface area contributed by atoms with Crippen molar-refractivity contribution in [2.75, 3.05) is 5.75 Å². The van der Waals surface area contributed by atoms with Crippen LogP contribution < -0.4 is 16.1 Å². The maximum atomic E-state index is 12.6. The molecule has 0 aliphatic carbocycles. The number of ketones is 1. The highest BCUT2D eigenvalue weighted by atomic mass is 32.2. The number of carbonyl (C=O) groups is 1. The van der Waals surface area contributed by atoms with Crippen LogP contribution in [0.2, 0.25) is 0 Å². The van der Waals surface area contributed by atoms with Crippen LogP contribution in [0.5, 0.6) is 0 Å². The van der Waals surface area contributed by atoms with Crippen molar-refractivity contribution in [3.63, 3.8) is 0 Å². The monoisotopic (exact) mass is 359 g/mol. The molecule has 0 bridgehead atoms. The number of thioether (sulfide) groups is 1. The normalized spacial score (nSPS) is 16.0. The standard InChI is InChI=1S/C18H21N3O3S/c1-10(2)21-11(3)8-15(12(21)4)16(22)9-25-18-20-19-17(24-18)14-6-7-23-13(14)5/h6-8,10,19H,5,9H2,1-4H3. The number of aryl methyl sites for hydroxylation is 1. The first kappa shape index (κ1) is 17.4. The van der Waals surface area contributed by atoms with E-state index < -0.39 is 0 Å². The number of furan rings is 1. The highest BCUT2D eigenvalue weighted by Gasteiger charge is 2.20. The van der Waals surface area contributed by atoms with Crippen LogP contribution in [0, 0.1) is 13.8 Å². The predicted octanol–water partition coefficient (Wildman–Crippen LogP) is 2.26. The van der Waals surface area contributed by atoms with Gasteiger partial charge in [0, 0.05) is 23.0 Å². The molecule has 0 atom stereocenters. The molecular formula is C18H21N3O3S. The number of hydrogen-bond acceptors (Lipinski definition) is 6. The molecule has 1 aliphatic rings. The lowest BCUT2D eigenvalue weighted by molar-refractivity contribution is 0.102. The first-order valence-corrected chi connectivity index (χ1v) is 8.99. The highest BCUT2D eigenvalue weighted by Crippen LogP contribution is 2.22. The Hall–Kier alpha value is -2.41. The van der Waals surface area contributed by atoms with Crippen molar-refractivity contribution in [1.29, 1.82) is 0 Å². The van der Waals surface area contributed by atoms with E-state index in [1.54, 1.807) is 6.07 Å². The van der Waals surface area contributed by atoms with E-state index in [0.717, 1.165) is 17.0 Å². The Labute approximate surface area is 150 Å². The van der Waals surface area contributed by atoms with Gasteiger partial charge in [0.15, 0.2) is 5.78 Å². The largest absolute Gasteiger partial charge is 0.465 e. The fourth-order valence-electron chi connectivity index (χ4n) is 3.01. The average Bonchev–Trinajstić information content (AvgIpc) is 3.24. The maximum absolute atomic E-state index is 12.6. The van der Waals surface area contributed by atoms with Crippen LogP contribution in [0.3, 0.4) is 0 Å². The second kappa shape index (κ2) is 6.84. The number of ether oxygens (including phenoxy) is 1. The lowest BCUT2D eigenvalue weighted by atomic mass is 10.2. The molecule has 3 rings (SSSR count). The molecule has 0 saturated carbocycles. The minimum absolute atomic E-state index is 0.0610. The summed E-state index contributed by atoms with van der Waals surface area (Å²) < 4.78 is 12.9. The second-order valence-corrected chi connectivity index (χ2v) is 7.07. The molecule has 3 heterocycles. The highest BCUT2D eigenvalue weighted by molar-refractivity contribution is 8.14. The summed E-state index contributed by atoms with van der Waals surface area (Å²) in [6.07, 6.45) is 1.54. The van der Waals surface area contributed by atoms with E-state index in [-0.39, 0.29) is 11.5 Å². The second-order valence-electron chi connectivity index (χ2n) is 6.14. The van der Waals surface area contributed by atoms with Crippen molar-refractivity contribution in [3.05, 3.63) is 46.0 Å². The van der Waals surface area contributed by atoms with Gasteiger partial charge < -0.3 is 13.7 Å². The molecule has 0 radical (unpaired) electrons. The Morgan fingerprint density at radius 1 is 1.44 bits per heavy atom. The quantitative estimate of drug-likeness (QED) is 0.848. The fourth-order valence-corrected chi connectivity index (χ4v) is 3.67. The van der Waals surface area contributed by atoms with Gasteiger partial charge in [0.1, 0.15) is 5.42 Å². The molecule has 132 valence electrons.